The van der Waals surface area contributed by atoms with Gasteiger partial charge in [-0.15, -0.1) is 0 Å². The third-order valence-electron chi connectivity index (χ3n) is 5.79. The molecule has 0 unspecified atom stereocenters. The van der Waals surface area contributed by atoms with Crippen LogP contribution in [0, 0.1) is 5.82 Å². The Kier molecular flexibility index (Phi) is 6.79. The fraction of sp³-hybridized carbons (Fsp3) is 0.320. The van der Waals surface area contributed by atoms with Crippen molar-refractivity contribution in [3.05, 3.63) is 89.5 Å². The van der Waals surface area contributed by atoms with Crippen LogP contribution in [0.2, 0.25) is 0 Å². The standard InChI is InChI=1S/C25H27FN2O3/c1-29-24-8-3-19(13-25(24)30-2)15-28(14-18-9-11-27-12-10-18)23-17-31-16-22(23)20-4-6-21(26)7-5-20/h3-13,22-23H,14-17H2,1-2H3/t22-,23+/m0/s1. The Morgan fingerprint density at radius 3 is 2.32 bits per heavy atom. The van der Waals surface area contributed by atoms with Crippen molar-refractivity contribution in [1.29, 1.82) is 0 Å². The van der Waals surface area contributed by atoms with Crippen molar-refractivity contribution < 1.29 is 18.6 Å². The van der Waals surface area contributed by atoms with E-state index in [0.717, 1.165) is 17.7 Å². The van der Waals surface area contributed by atoms with Crippen LogP contribution < -0.4 is 9.47 Å². The van der Waals surface area contributed by atoms with Gasteiger partial charge >= 0.3 is 0 Å². The molecule has 0 aliphatic carbocycles. The minimum atomic E-state index is -0.224. The van der Waals surface area contributed by atoms with Crippen LogP contribution in [0.25, 0.3) is 0 Å². The summed E-state index contributed by atoms with van der Waals surface area (Å²) in [7, 11) is 3.28. The lowest BCUT2D eigenvalue weighted by molar-refractivity contribution is 0.132. The van der Waals surface area contributed by atoms with Gasteiger partial charge in [0, 0.05) is 37.4 Å². The molecule has 1 saturated heterocycles. The molecule has 6 heteroatoms. The number of ether oxygens (including phenoxy) is 3. The van der Waals surface area contributed by atoms with E-state index in [0.29, 0.717) is 31.3 Å². The summed E-state index contributed by atoms with van der Waals surface area (Å²) in [5.41, 5.74) is 3.40. The van der Waals surface area contributed by atoms with Gasteiger partial charge in [-0.2, -0.15) is 0 Å². The van der Waals surface area contributed by atoms with Crippen molar-refractivity contribution in [2.24, 2.45) is 0 Å². The SMILES string of the molecule is COc1ccc(CN(Cc2ccncc2)[C@@H]2COC[C@H]2c2ccc(F)cc2)cc1OC. The molecule has 162 valence electrons. The number of halogens is 1. The molecule has 0 radical (unpaired) electrons. The molecule has 2 aromatic carbocycles. The Morgan fingerprint density at radius 1 is 0.903 bits per heavy atom. The summed E-state index contributed by atoms with van der Waals surface area (Å²) in [5.74, 6) is 1.36. The Balaban J connectivity index is 1.63. The number of hydrogen-bond donors (Lipinski definition) is 0. The van der Waals surface area contributed by atoms with Gasteiger partial charge in [-0.1, -0.05) is 18.2 Å². The normalized spacial score (nSPS) is 18.3. The minimum absolute atomic E-state index is 0.159. The zero-order valence-corrected chi connectivity index (χ0v) is 17.8. The molecule has 1 aliphatic heterocycles. The molecule has 1 fully saturated rings. The molecular formula is C25H27FN2O3. The van der Waals surface area contributed by atoms with Crippen LogP contribution >= 0.6 is 0 Å². The second kappa shape index (κ2) is 9.90. The van der Waals surface area contributed by atoms with Crippen molar-refractivity contribution in [3.8, 4) is 11.5 Å². The highest BCUT2D eigenvalue weighted by atomic mass is 19.1. The van der Waals surface area contributed by atoms with Crippen LogP contribution in [0.15, 0.2) is 67.0 Å². The van der Waals surface area contributed by atoms with E-state index in [1.165, 1.54) is 17.7 Å². The van der Waals surface area contributed by atoms with E-state index in [2.05, 4.69) is 16.0 Å². The highest BCUT2D eigenvalue weighted by Gasteiger charge is 2.34. The lowest BCUT2D eigenvalue weighted by Gasteiger charge is -2.32. The van der Waals surface area contributed by atoms with E-state index in [9.17, 15) is 4.39 Å². The molecule has 2 heterocycles. The molecule has 0 amide bonds. The van der Waals surface area contributed by atoms with Crippen molar-refractivity contribution in [3.63, 3.8) is 0 Å². The quantitative estimate of drug-likeness (QED) is 0.538. The fourth-order valence-corrected chi connectivity index (χ4v) is 4.16. The van der Waals surface area contributed by atoms with Crippen LogP contribution in [0.5, 0.6) is 11.5 Å². The summed E-state index contributed by atoms with van der Waals surface area (Å²) in [6, 6.07) is 17.0. The number of hydrogen-bond acceptors (Lipinski definition) is 5. The Bertz CT molecular complexity index is 982. The monoisotopic (exact) mass is 422 g/mol. The molecule has 5 nitrogen and oxygen atoms in total. The second-order valence-electron chi connectivity index (χ2n) is 7.71. The topological polar surface area (TPSA) is 43.8 Å². The molecule has 0 saturated carbocycles. The van der Waals surface area contributed by atoms with E-state index in [1.54, 1.807) is 14.2 Å². The van der Waals surface area contributed by atoms with E-state index in [1.807, 2.05) is 48.8 Å². The number of benzene rings is 2. The van der Waals surface area contributed by atoms with Crippen LogP contribution in [0.4, 0.5) is 4.39 Å². The first kappa shape index (κ1) is 21.3. The Labute approximate surface area is 182 Å². The lowest BCUT2D eigenvalue weighted by atomic mass is 9.92. The molecular weight excluding hydrogens is 395 g/mol. The summed E-state index contributed by atoms with van der Waals surface area (Å²) in [6.07, 6.45) is 3.62. The molecule has 3 aromatic rings. The molecule has 1 aromatic heterocycles. The average Bonchev–Trinajstić information content (AvgIpc) is 3.29. The molecule has 0 spiro atoms. The van der Waals surface area contributed by atoms with Gasteiger partial charge < -0.3 is 14.2 Å². The summed E-state index contributed by atoms with van der Waals surface area (Å²) in [4.78, 5) is 6.55. The first-order valence-electron chi connectivity index (χ1n) is 10.3. The van der Waals surface area contributed by atoms with Crippen LogP contribution in [0.1, 0.15) is 22.6 Å². The third-order valence-corrected chi connectivity index (χ3v) is 5.79. The molecule has 0 N–H and O–H groups in total. The molecule has 4 rings (SSSR count). The smallest absolute Gasteiger partial charge is 0.161 e. The zero-order chi connectivity index (χ0) is 21.6. The van der Waals surface area contributed by atoms with E-state index in [-0.39, 0.29) is 17.8 Å². The lowest BCUT2D eigenvalue weighted by Crippen LogP contribution is -2.38. The third kappa shape index (κ3) is 5.03. The minimum Gasteiger partial charge on any atom is -0.493 e. The van der Waals surface area contributed by atoms with Gasteiger partial charge in [0.1, 0.15) is 5.82 Å². The Morgan fingerprint density at radius 2 is 1.61 bits per heavy atom. The van der Waals surface area contributed by atoms with Gasteiger partial charge in [-0.3, -0.25) is 9.88 Å². The first-order chi connectivity index (χ1) is 15.2. The second-order valence-corrected chi connectivity index (χ2v) is 7.71. The average molecular weight is 423 g/mol. The number of pyridine rings is 1. The van der Waals surface area contributed by atoms with Crippen LogP contribution in [0.3, 0.4) is 0 Å². The van der Waals surface area contributed by atoms with Gasteiger partial charge in [0.05, 0.1) is 27.4 Å². The largest absolute Gasteiger partial charge is 0.493 e. The van der Waals surface area contributed by atoms with Crippen LogP contribution in [-0.2, 0) is 17.8 Å². The van der Waals surface area contributed by atoms with E-state index in [4.69, 9.17) is 14.2 Å². The van der Waals surface area contributed by atoms with Crippen molar-refractivity contribution in [2.45, 2.75) is 25.0 Å². The molecule has 2 atom stereocenters. The predicted octanol–water partition coefficient (Wildman–Crippen LogP) is 4.42. The fourth-order valence-electron chi connectivity index (χ4n) is 4.16. The maximum Gasteiger partial charge on any atom is 0.161 e. The highest BCUT2D eigenvalue weighted by molar-refractivity contribution is 5.43. The molecule has 31 heavy (non-hydrogen) atoms. The zero-order valence-electron chi connectivity index (χ0n) is 17.8. The van der Waals surface area contributed by atoms with Gasteiger partial charge in [0.25, 0.3) is 0 Å². The predicted molar refractivity (Wildman–Crippen MR) is 117 cm³/mol. The summed E-state index contributed by atoms with van der Waals surface area (Å²) >= 11 is 0. The van der Waals surface area contributed by atoms with Crippen molar-refractivity contribution >= 4 is 0 Å². The summed E-state index contributed by atoms with van der Waals surface area (Å²) in [5, 5.41) is 0. The van der Waals surface area contributed by atoms with Crippen LogP contribution in [-0.4, -0.2) is 43.4 Å². The maximum absolute atomic E-state index is 13.5. The Hall–Kier alpha value is -2.96. The summed E-state index contributed by atoms with van der Waals surface area (Å²) < 4.78 is 30.2. The highest BCUT2D eigenvalue weighted by Crippen LogP contribution is 2.33. The summed E-state index contributed by atoms with van der Waals surface area (Å²) in [6.45, 7) is 2.71. The van der Waals surface area contributed by atoms with Gasteiger partial charge in [-0.05, 0) is 53.1 Å². The maximum atomic E-state index is 13.5. The van der Waals surface area contributed by atoms with Crippen molar-refractivity contribution in [1.82, 2.24) is 9.88 Å². The number of nitrogens with zero attached hydrogens (tertiary/aromatic N) is 2. The number of aromatic nitrogens is 1. The van der Waals surface area contributed by atoms with Gasteiger partial charge in [-0.25, -0.2) is 4.39 Å². The van der Waals surface area contributed by atoms with E-state index < -0.39 is 0 Å². The van der Waals surface area contributed by atoms with Gasteiger partial charge in [0.15, 0.2) is 11.5 Å². The first-order valence-corrected chi connectivity index (χ1v) is 10.3. The molecule has 0 bridgehead atoms. The number of methoxy groups -OCH3 is 2. The number of rotatable bonds is 8. The van der Waals surface area contributed by atoms with Gasteiger partial charge in [0.2, 0.25) is 0 Å². The molecule has 1 aliphatic rings. The van der Waals surface area contributed by atoms with E-state index >= 15 is 0 Å². The van der Waals surface area contributed by atoms with Crippen molar-refractivity contribution in [2.75, 3.05) is 27.4 Å².